The second kappa shape index (κ2) is 6.48. The number of benzene rings is 2. The first-order valence-corrected chi connectivity index (χ1v) is 8.34. The van der Waals surface area contributed by atoms with Gasteiger partial charge in [-0.1, -0.05) is 42.5 Å². The maximum absolute atomic E-state index is 12.8. The molecule has 0 bridgehead atoms. The first kappa shape index (κ1) is 15.5. The lowest BCUT2D eigenvalue weighted by molar-refractivity contribution is 0.358. The van der Waals surface area contributed by atoms with Gasteiger partial charge in [0, 0.05) is 18.2 Å². The molecule has 4 rings (SSSR count). The van der Waals surface area contributed by atoms with Gasteiger partial charge in [0.2, 0.25) is 0 Å². The Morgan fingerprint density at radius 2 is 1.84 bits per heavy atom. The topological polar surface area (TPSA) is 40.5 Å². The molecule has 0 aliphatic carbocycles. The highest BCUT2D eigenvalue weighted by Gasteiger charge is 2.23. The van der Waals surface area contributed by atoms with E-state index in [-0.39, 0.29) is 5.56 Å². The molecule has 0 saturated heterocycles. The minimum absolute atomic E-state index is 0.0358. The van der Waals surface area contributed by atoms with Gasteiger partial charge in [-0.2, -0.15) is 0 Å². The fraction of sp³-hybridized carbons (Fsp3) is 0.190. The average molecular weight is 333 g/mol. The van der Waals surface area contributed by atoms with E-state index < -0.39 is 0 Å². The standard InChI is InChI=1S/C21H19NO3/c1-24-17-9-7-16(8-10-17)19-14-22(13-15-5-3-2-4-6-15)21(23)18-11-12-25-20(18)19/h2-10,14H,11-13H2,1H3. The molecule has 3 aromatic rings. The molecule has 0 saturated carbocycles. The van der Waals surface area contributed by atoms with Crippen LogP contribution in [0.15, 0.2) is 65.6 Å². The van der Waals surface area contributed by atoms with Crippen molar-refractivity contribution in [3.05, 3.63) is 82.3 Å². The van der Waals surface area contributed by atoms with Gasteiger partial charge in [0.15, 0.2) is 0 Å². The monoisotopic (exact) mass is 333 g/mol. The number of ether oxygens (including phenoxy) is 2. The smallest absolute Gasteiger partial charge is 0.257 e. The lowest BCUT2D eigenvalue weighted by Gasteiger charge is -2.13. The van der Waals surface area contributed by atoms with Gasteiger partial charge in [-0.05, 0) is 23.3 Å². The van der Waals surface area contributed by atoms with Gasteiger partial charge in [0.1, 0.15) is 11.5 Å². The van der Waals surface area contributed by atoms with Crippen LogP contribution in [0, 0.1) is 0 Å². The van der Waals surface area contributed by atoms with Crippen molar-refractivity contribution in [1.29, 1.82) is 0 Å². The Morgan fingerprint density at radius 3 is 2.56 bits per heavy atom. The lowest BCUT2D eigenvalue weighted by atomic mass is 10.0. The van der Waals surface area contributed by atoms with E-state index >= 15 is 0 Å². The lowest BCUT2D eigenvalue weighted by Crippen LogP contribution is -2.23. The van der Waals surface area contributed by atoms with Crippen molar-refractivity contribution < 1.29 is 9.47 Å². The molecule has 1 aliphatic rings. The predicted octanol–water partition coefficient (Wildman–Crippen LogP) is 3.51. The molecule has 0 spiro atoms. The van der Waals surface area contributed by atoms with E-state index in [1.807, 2.05) is 60.8 Å². The van der Waals surface area contributed by atoms with Gasteiger partial charge in [-0.25, -0.2) is 0 Å². The average Bonchev–Trinajstić information content (AvgIpc) is 3.15. The number of nitrogens with zero attached hydrogens (tertiary/aromatic N) is 1. The van der Waals surface area contributed by atoms with E-state index in [0.29, 0.717) is 19.6 Å². The van der Waals surface area contributed by atoms with E-state index in [2.05, 4.69) is 0 Å². The SMILES string of the molecule is COc1ccc(-c2cn(Cc3ccccc3)c(=O)c3c2OCC3)cc1. The molecule has 0 radical (unpaired) electrons. The van der Waals surface area contributed by atoms with Crippen molar-refractivity contribution in [2.24, 2.45) is 0 Å². The van der Waals surface area contributed by atoms with Crippen LogP contribution >= 0.6 is 0 Å². The summed E-state index contributed by atoms with van der Waals surface area (Å²) in [4.78, 5) is 12.8. The number of aromatic nitrogens is 1. The third-order valence-electron chi connectivity index (χ3n) is 4.52. The molecule has 0 fully saturated rings. The molecule has 0 amide bonds. The Bertz CT molecular complexity index is 943. The largest absolute Gasteiger partial charge is 0.497 e. The summed E-state index contributed by atoms with van der Waals surface area (Å²) < 4.78 is 12.8. The van der Waals surface area contributed by atoms with E-state index in [4.69, 9.17) is 9.47 Å². The second-order valence-corrected chi connectivity index (χ2v) is 6.10. The Balaban J connectivity index is 1.82. The van der Waals surface area contributed by atoms with Crippen molar-refractivity contribution in [1.82, 2.24) is 4.57 Å². The van der Waals surface area contributed by atoms with Gasteiger partial charge in [-0.3, -0.25) is 4.79 Å². The Hall–Kier alpha value is -3.01. The van der Waals surface area contributed by atoms with Gasteiger partial charge < -0.3 is 14.0 Å². The van der Waals surface area contributed by atoms with Crippen LogP contribution in [0.5, 0.6) is 11.5 Å². The number of hydrogen-bond acceptors (Lipinski definition) is 3. The van der Waals surface area contributed by atoms with Crippen LogP contribution in [-0.4, -0.2) is 18.3 Å². The van der Waals surface area contributed by atoms with Crippen LogP contribution in [0.4, 0.5) is 0 Å². The van der Waals surface area contributed by atoms with Gasteiger partial charge in [-0.15, -0.1) is 0 Å². The molecular weight excluding hydrogens is 314 g/mol. The number of pyridine rings is 1. The summed E-state index contributed by atoms with van der Waals surface area (Å²) in [7, 11) is 1.65. The molecule has 2 heterocycles. The molecule has 25 heavy (non-hydrogen) atoms. The molecule has 1 aromatic heterocycles. The zero-order valence-electron chi connectivity index (χ0n) is 14.1. The molecule has 2 aromatic carbocycles. The fourth-order valence-electron chi connectivity index (χ4n) is 3.22. The summed E-state index contributed by atoms with van der Waals surface area (Å²) in [6.07, 6.45) is 2.56. The molecule has 126 valence electrons. The van der Waals surface area contributed by atoms with Crippen molar-refractivity contribution >= 4 is 0 Å². The van der Waals surface area contributed by atoms with Crippen LogP contribution in [-0.2, 0) is 13.0 Å². The molecular formula is C21H19NO3. The minimum Gasteiger partial charge on any atom is -0.497 e. The maximum Gasteiger partial charge on any atom is 0.257 e. The summed E-state index contributed by atoms with van der Waals surface area (Å²) in [6, 6.07) is 17.8. The Labute approximate surface area is 146 Å². The van der Waals surface area contributed by atoms with Crippen LogP contribution in [0.3, 0.4) is 0 Å². The summed E-state index contributed by atoms with van der Waals surface area (Å²) in [5.74, 6) is 1.53. The van der Waals surface area contributed by atoms with Gasteiger partial charge in [0.05, 0.1) is 25.8 Å². The Morgan fingerprint density at radius 1 is 1.08 bits per heavy atom. The summed E-state index contributed by atoms with van der Waals surface area (Å²) >= 11 is 0. The fourth-order valence-corrected chi connectivity index (χ4v) is 3.22. The quantitative estimate of drug-likeness (QED) is 0.734. The van der Waals surface area contributed by atoms with E-state index in [1.54, 1.807) is 11.7 Å². The number of fused-ring (bicyclic) bond motifs is 1. The van der Waals surface area contributed by atoms with Crippen molar-refractivity contribution in [3.63, 3.8) is 0 Å². The van der Waals surface area contributed by atoms with Crippen LogP contribution in [0.25, 0.3) is 11.1 Å². The van der Waals surface area contributed by atoms with Crippen molar-refractivity contribution in [3.8, 4) is 22.6 Å². The zero-order chi connectivity index (χ0) is 17.2. The predicted molar refractivity (Wildman–Crippen MR) is 97.4 cm³/mol. The highest BCUT2D eigenvalue weighted by atomic mass is 16.5. The summed E-state index contributed by atoms with van der Waals surface area (Å²) in [5.41, 5.74) is 3.87. The third-order valence-corrected chi connectivity index (χ3v) is 4.52. The van der Waals surface area contributed by atoms with E-state index in [0.717, 1.165) is 33.8 Å². The summed E-state index contributed by atoms with van der Waals surface area (Å²) in [6.45, 7) is 1.11. The normalized spacial score (nSPS) is 12.5. The molecule has 0 atom stereocenters. The number of hydrogen-bond donors (Lipinski definition) is 0. The number of rotatable bonds is 4. The minimum atomic E-state index is 0.0358. The first-order valence-electron chi connectivity index (χ1n) is 8.34. The second-order valence-electron chi connectivity index (χ2n) is 6.10. The maximum atomic E-state index is 12.8. The zero-order valence-corrected chi connectivity index (χ0v) is 14.1. The van der Waals surface area contributed by atoms with Crippen LogP contribution < -0.4 is 15.0 Å². The molecule has 4 heteroatoms. The highest BCUT2D eigenvalue weighted by Crippen LogP contribution is 2.35. The molecule has 0 N–H and O–H groups in total. The van der Waals surface area contributed by atoms with Crippen molar-refractivity contribution in [2.45, 2.75) is 13.0 Å². The van der Waals surface area contributed by atoms with Crippen LogP contribution in [0.2, 0.25) is 0 Å². The van der Waals surface area contributed by atoms with E-state index in [9.17, 15) is 4.79 Å². The highest BCUT2D eigenvalue weighted by molar-refractivity contribution is 5.72. The number of methoxy groups -OCH3 is 1. The first-order chi connectivity index (χ1) is 12.3. The molecule has 1 aliphatic heterocycles. The summed E-state index contributed by atoms with van der Waals surface area (Å²) in [5, 5.41) is 0. The van der Waals surface area contributed by atoms with Gasteiger partial charge in [0.25, 0.3) is 5.56 Å². The van der Waals surface area contributed by atoms with Gasteiger partial charge >= 0.3 is 0 Å². The third kappa shape index (κ3) is 2.91. The molecule has 4 nitrogen and oxygen atoms in total. The Kier molecular flexibility index (Phi) is 4.02. The van der Waals surface area contributed by atoms with Crippen LogP contribution in [0.1, 0.15) is 11.1 Å². The molecule has 0 unspecified atom stereocenters. The van der Waals surface area contributed by atoms with E-state index in [1.165, 1.54) is 0 Å². The van der Waals surface area contributed by atoms with Crippen molar-refractivity contribution in [2.75, 3.05) is 13.7 Å².